The topological polar surface area (TPSA) is 174 Å². The van der Waals surface area contributed by atoms with Crippen molar-refractivity contribution in [3.63, 3.8) is 0 Å². The lowest BCUT2D eigenvalue weighted by Gasteiger charge is -2.49. The number of fused-ring (bicyclic) bond motifs is 1. The number of nitrogens with zero attached hydrogens (tertiary/aromatic N) is 3. The molecule has 0 aromatic carbocycles. The molecule has 0 radical (unpaired) electrons. The maximum atomic E-state index is 13.0. The molecule has 0 aliphatic carbocycles. The first kappa shape index (κ1) is 25.6. The molecule has 15 heteroatoms. The van der Waals surface area contributed by atoms with Crippen LogP contribution in [0.15, 0.2) is 33.8 Å². The third-order valence-corrected chi connectivity index (χ3v) is 7.70. The summed E-state index contributed by atoms with van der Waals surface area (Å²) in [6.45, 7) is 6.22. The van der Waals surface area contributed by atoms with Crippen LogP contribution in [0.2, 0.25) is 0 Å². The maximum Gasteiger partial charge on any atom is 0.359 e. The van der Waals surface area contributed by atoms with Gasteiger partial charge in [-0.25, -0.2) is 9.78 Å². The van der Waals surface area contributed by atoms with Crippen LogP contribution in [0, 0.1) is 0 Å². The molecule has 0 spiro atoms. The molecule has 1 aromatic heterocycles. The second kappa shape index (κ2) is 10.9. The summed E-state index contributed by atoms with van der Waals surface area (Å²) in [5, 5.41) is 15.8. The third kappa shape index (κ3) is 5.37. The van der Waals surface area contributed by atoms with E-state index in [1.165, 1.54) is 47.7 Å². The number of hydrogen-bond acceptors (Lipinski definition) is 13. The van der Waals surface area contributed by atoms with E-state index < -0.39 is 47.2 Å². The standard InChI is InChI=1S/C19H21N5O7S3/c1-4-5-32-11-7-33-17-13(22-15(26)12(23-29)10-6-34-19(20)21-10)16(27)24(17)14(11)18(28)31-9(3)30-8(2)25/h4,6,9,13,17,29H,1,5,7H2,2-3H3,(H2,20,21)(H,22,26)/b23-12-/t9?,13-,17+/m1/s1. The van der Waals surface area contributed by atoms with Crippen LogP contribution in [0.1, 0.15) is 19.5 Å². The molecule has 2 aliphatic heterocycles. The molecule has 182 valence electrons. The summed E-state index contributed by atoms with van der Waals surface area (Å²) in [6.07, 6.45) is 0.498. The molecule has 1 saturated heterocycles. The van der Waals surface area contributed by atoms with Crippen LogP contribution in [0.5, 0.6) is 0 Å². The number of nitrogen functional groups attached to an aromatic ring is 1. The van der Waals surface area contributed by atoms with Crippen LogP contribution >= 0.6 is 34.9 Å². The van der Waals surface area contributed by atoms with Crippen LogP contribution in [-0.4, -0.2) is 73.8 Å². The minimum atomic E-state index is -1.16. The molecule has 1 unspecified atom stereocenters. The fourth-order valence-electron chi connectivity index (χ4n) is 3.13. The summed E-state index contributed by atoms with van der Waals surface area (Å²) in [7, 11) is 0. The molecule has 12 nitrogen and oxygen atoms in total. The van der Waals surface area contributed by atoms with Crippen molar-refractivity contribution in [1.82, 2.24) is 15.2 Å². The molecule has 0 saturated carbocycles. The SMILES string of the molecule is C=CCSC1=C(C(=O)OC(C)OC(C)=O)N2C(=O)[C@@H](NC(=O)/C(=N\O)c3csc(N)n3)[C@@H]2SC1. The predicted molar refractivity (Wildman–Crippen MR) is 127 cm³/mol. The fraction of sp³-hybridized carbons (Fsp3) is 0.368. The molecule has 34 heavy (non-hydrogen) atoms. The van der Waals surface area contributed by atoms with Gasteiger partial charge < -0.3 is 25.7 Å². The van der Waals surface area contributed by atoms with Crippen molar-refractivity contribution in [3.05, 3.63) is 34.3 Å². The highest BCUT2D eigenvalue weighted by atomic mass is 32.2. The normalized spacial score (nSPS) is 20.7. The number of ether oxygens (including phenoxy) is 2. The summed E-state index contributed by atoms with van der Waals surface area (Å²) in [5.41, 5.74) is 5.25. The van der Waals surface area contributed by atoms with Crippen LogP contribution in [-0.2, 0) is 28.7 Å². The van der Waals surface area contributed by atoms with Gasteiger partial charge in [-0.3, -0.25) is 19.3 Å². The molecule has 3 atom stereocenters. The van der Waals surface area contributed by atoms with Crippen molar-refractivity contribution in [2.45, 2.75) is 31.6 Å². The molecule has 2 amide bonds. The Morgan fingerprint density at radius 2 is 2.24 bits per heavy atom. The Kier molecular flexibility index (Phi) is 8.22. The van der Waals surface area contributed by atoms with E-state index >= 15 is 0 Å². The predicted octanol–water partition coefficient (Wildman–Crippen LogP) is 0.887. The van der Waals surface area contributed by atoms with Crippen molar-refractivity contribution < 1.29 is 33.9 Å². The molecule has 3 heterocycles. The Balaban J connectivity index is 1.78. The molecule has 1 fully saturated rings. The molecule has 3 rings (SSSR count). The van der Waals surface area contributed by atoms with Gasteiger partial charge in [-0.1, -0.05) is 11.2 Å². The number of oxime groups is 1. The Labute approximate surface area is 206 Å². The first-order valence-electron chi connectivity index (χ1n) is 9.71. The lowest BCUT2D eigenvalue weighted by atomic mass is 10.0. The number of hydrogen-bond donors (Lipinski definition) is 3. The number of thiazole rings is 1. The number of nitrogens with one attached hydrogen (secondary N) is 1. The molecule has 4 N–H and O–H groups in total. The van der Waals surface area contributed by atoms with Gasteiger partial charge in [0.15, 0.2) is 10.8 Å². The smallest absolute Gasteiger partial charge is 0.359 e. The first-order chi connectivity index (χ1) is 16.2. The van der Waals surface area contributed by atoms with Gasteiger partial charge in [-0.15, -0.1) is 41.4 Å². The number of thioether (sulfide) groups is 2. The van der Waals surface area contributed by atoms with Gasteiger partial charge in [-0.05, 0) is 0 Å². The highest BCUT2D eigenvalue weighted by Crippen LogP contribution is 2.43. The molecule has 2 aliphatic rings. The second-order valence-corrected chi connectivity index (χ2v) is 9.94. The minimum Gasteiger partial charge on any atom is -0.426 e. The Morgan fingerprint density at radius 3 is 2.82 bits per heavy atom. The van der Waals surface area contributed by atoms with Gasteiger partial charge in [0.2, 0.25) is 6.29 Å². The van der Waals surface area contributed by atoms with E-state index in [1.54, 1.807) is 6.08 Å². The second-order valence-electron chi connectivity index (χ2n) is 6.83. The van der Waals surface area contributed by atoms with Crippen molar-refractivity contribution in [2.24, 2.45) is 5.16 Å². The first-order valence-corrected chi connectivity index (χ1v) is 12.6. The summed E-state index contributed by atoms with van der Waals surface area (Å²) in [5.74, 6) is -1.97. The van der Waals surface area contributed by atoms with Gasteiger partial charge >= 0.3 is 11.9 Å². The van der Waals surface area contributed by atoms with Crippen molar-refractivity contribution >= 4 is 69.5 Å². The number of anilines is 1. The van der Waals surface area contributed by atoms with Gasteiger partial charge in [0.1, 0.15) is 22.8 Å². The average Bonchev–Trinajstić information content (AvgIpc) is 3.20. The quantitative estimate of drug-likeness (QED) is 0.0791. The number of rotatable bonds is 9. The summed E-state index contributed by atoms with van der Waals surface area (Å²) in [6, 6.07) is -0.982. The average molecular weight is 528 g/mol. The lowest BCUT2D eigenvalue weighted by molar-refractivity contribution is -0.182. The van der Waals surface area contributed by atoms with Crippen LogP contribution in [0.25, 0.3) is 0 Å². The third-order valence-electron chi connectivity index (χ3n) is 4.47. The number of nitrogens with two attached hydrogens (primary N) is 1. The Morgan fingerprint density at radius 1 is 1.50 bits per heavy atom. The van der Waals surface area contributed by atoms with Crippen molar-refractivity contribution in [2.75, 3.05) is 17.2 Å². The lowest BCUT2D eigenvalue weighted by Crippen LogP contribution is -2.71. The number of amides is 2. The van der Waals surface area contributed by atoms with E-state index in [1.807, 2.05) is 0 Å². The number of carbonyl (C=O) groups excluding carboxylic acids is 4. The zero-order valence-corrected chi connectivity index (χ0v) is 20.5. The van der Waals surface area contributed by atoms with Crippen LogP contribution in [0.3, 0.4) is 0 Å². The van der Waals surface area contributed by atoms with E-state index in [-0.39, 0.29) is 16.5 Å². The van der Waals surface area contributed by atoms with Gasteiger partial charge in [0, 0.05) is 35.6 Å². The van der Waals surface area contributed by atoms with E-state index in [9.17, 15) is 24.4 Å². The van der Waals surface area contributed by atoms with Crippen molar-refractivity contribution in [3.8, 4) is 0 Å². The monoisotopic (exact) mass is 527 g/mol. The highest BCUT2D eigenvalue weighted by molar-refractivity contribution is 8.06. The highest BCUT2D eigenvalue weighted by Gasteiger charge is 2.55. The van der Waals surface area contributed by atoms with Gasteiger partial charge in [0.05, 0.1) is 0 Å². The van der Waals surface area contributed by atoms with E-state index in [0.717, 1.165) is 11.3 Å². The fourth-order valence-corrected chi connectivity index (χ4v) is 6.05. The number of carbonyl (C=O) groups is 4. The molecular formula is C19H21N5O7S3. The summed E-state index contributed by atoms with van der Waals surface area (Å²) >= 11 is 3.72. The van der Waals surface area contributed by atoms with Crippen molar-refractivity contribution in [1.29, 1.82) is 0 Å². The van der Waals surface area contributed by atoms with Gasteiger partial charge in [0.25, 0.3) is 11.8 Å². The number of aromatic nitrogens is 1. The van der Waals surface area contributed by atoms with Crippen LogP contribution in [0.4, 0.5) is 5.13 Å². The maximum absolute atomic E-state index is 13.0. The molecule has 0 bridgehead atoms. The summed E-state index contributed by atoms with van der Waals surface area (Å²) in [4.78, 5) is 55.4. The van der Waals surface area contributed by atoms with Crippen LogP contribution < -0.4 is 11.1 Å². The van der Waals surface area contributed by atoms with E-state index in [2.05, 4.69) is 22.0 Å². The van der Waals surface area contributed by atoms with Gasteiger partial charge in [-0.2, -0.15) is 0 Å². The zero-order chi connectivity index (χ0) is 25.0. The Bertz CT molecular complexity index is 1090. The molecular weight excluding hydrogens is 506 g/mol. The number of β-lactam (4-membered cyclic amide) rings is 1. The summed E-state index contributed by atoms with van der Waals surface area (Å²) < 4.78 is 10.1. The largest absolute Gasteiger partial charge is 0.426 e. The van der Waals surface area contributed by atoms with E-state index in [4.69, 9.17) is 15.2 Å². The molecule has 1 aromatic rings. The Hall–Kier alpha value is -3.04. The van der Waals surface area contributed by atoms with E-state index in [0.29, 0.717) is 16.4 Å². The number of esters is 2. The minimum absolute atomic E-state index is 0.0217. The zero-order valence-electron chi connectivity index (χ0n) is 18.0.